The summed E-state index contributed by atoms with van der Waals surface area (Å²) in [6.07, 6.45) is 1.28. The fourth-order valence-electron chi connectivity index (χ4n) is 3.82. The minimum Gasteiger partial charge on any atom is -0.491 e. The lowest BCUT2D eigenvalue weighted by molar-refractivity contribution is 0.0600. The Kier molecular flexibility index (Phi) is 8.01. The van der Waals surface area contributed by atoms with Gasteiger partial charge in [0.2, 0.25) is 0 Å². The van der Waals surface area contributed by atoms with Crippen LogP contribution in [-0.2, 0) is 11.2 Å². The van der Waals surface area contributed by atoms with Crippen molar-refractivity contribution >= 4 is 17.3 Å². The second-order valence-corrected chi connectivity index (χ2v) is 8.23. The number of aliphatic hydroxyl groups excluding tert-OH is 1. The Balaban J connectivity index is 1.22. The molecule has 3 N–H and O–H groups in total. The molecule has 7 nitrogen and oxygen atoms in total. The van der Waals surface area contributed by atoms with Crippen molar-refractivity contribution in [1.82, 2.24) is 5.32 Å². The lowest BCUT2D eigenvalue weighted by Gasteiger charge is -2.27. The molecule has 1 aliphatic heterocycles. The van der Waals surface area contributed by atoms with Crippen molar-refractivity contribution < 1.29 is 24.1 Å². The monoisotopic (exact) mass is 462 g/mol. The van der Waals surface area contributed by atoms with Gasteiger partial charge in [-0.15, -0.1) is 0 Å². The first-order valence-corrected chi connectivity index (χ1v) is 11.4. The van der Waals surface area contributed by atoms with Gasteiger partial charge < -0.3 is 30.0 Å². The van der Waals surface area contributed by atoms with E-state index >= 15 is 0 Å². The summed E-state index contributed by atoms with van der Waals surface area (Å²) in [7, 11) is 1.37. The minimum absolute atomic E-state index is 0.0550. The fourth-order valence-corrected chi connectivity index (χ4v) is 3.82. The molecule has 0 fully saturated rings. The van der Waals surface area contributed by atoms with Gasteiger partial charge in [-0.1, -0.05) is 18.2 Å². The van der Waals surface area contributed by atoms with Crippen molar-refractivity contribution in [3.8, 4) is 11.5 Å². The zero-order valence-electron chi connectivity index (χ0n) is 19.2. The normalized spacial score (nSPS) is 15.5. The molecule has 0 bridgehead atoms. The molecule has 3 aromatic rings. The van der Waals surface area contributed by atoms with Gasteiger partial charge in [0.25, 0.3) is 0 Å². The number of rotatable bonds is 10. The van der Waals surface area contributed by atoms with Crippen LogP contribution in [0.5, 0.6) is 11.5 Å². The number of methoxy groups -OCH3 is 1. The highest BCUT2D eigenvalue weighted by molar-refractivity contribution is 5.89. The molecule has 0 unspecified atom stereocenters. The first-order chi connectivity index (χ1) is 16.6. The predicted molar refractivity (Wildman–Crippen MR) is 131 cm³/mol. The average molecular weight is 463 g/mol. The average Bonchev–Trinajstić information content (AvgIpc) is 2.88. The Morgan fingerprint density at radius 2 is 1.85 bits per heavy atom. The summed E-state index contributed by atoms with van der Waals surface area (Å²) in [4.78, 5) is 11.6. The summed E-state index contributed by atoms with van der Waals surface area (Å²) in [5.41, 5.74) is 3.53. The number of carbonyl (C=O) groups excluding carboxylic acids is 1. The molecule has 7 heteroatoms. The van der Waals surface area contributed by atoms with Crippen molar-refractivity contribution in [2.75, 3.05) is 32.1 Å². The number of nitrogens with one attached hydrogen (secondary N) is 2. The molecule has 3 aromatic carbocycles. The molecule has 1 aliphatic rings. The Labute approximate surface area is 199 Å². The number of anilines is 2. The van der Waals surface area contributed by atoms with Gasteiger partial charge in [-0.2, -0.15) is 0 Å². The molecular weight excluding hydrogens is 432 g/mol. The maximum Gasteiger partial charge on any atom is 0.337 e. The zero-order valence-corrected chi connectivity index (χ0v) is 19.2. The first-order valence-electron chi connectivity index (χ1n) is 11.4. The topological polar surface area (TPSA) is 89.1 Å². The van der Waals surface area contributed by atoms with Crippen LogP contribution in [0, 0.1) is 0 Å². The summed E-state index contributed by atoms with van der Waals surface area (Å²) in [6, 6.07) is 22.7. The fraction of sp³-hybridized carbons (Fsp3) is 0.296. The van der Waals surface area contributed by atoms with E-state index in [9.17, 15) is 9.90 Å². The second kappa shape index (κ2) is 11.5. The number of esters is 1. The number of para-hydroxylation sites is 1. The number of benzene rings is 3. The van der Waals surface area contributed by atoms with Crippen LogP contribution in [0.1, 0.15) is 22.3 Å². The molecular formula is C27H30N2O5. The number of hydrogen-bond acceptors (Lipinski definition) is 7. The number of fused-ring (bicyclic) bond motifs is 1. The SMILES string of the molecule is COC(=O)c1ccc(Nc2ccc3c(c2)CC[C@H](CNC[C@H](O)COc2ccccc2)O3)cc1. The molecule has 1 heterocycles. The highest BCUT2D eigenvalue weighted by Gasteiger charge is 2.20. The Hall–Kier alpha value is -3.55. The van der Waals surface area contributed by atoms with Gasteiger partial charge in [0.05, 0.1) is 12.7 Å². The summed E-state index contributed by atoms with van der Waals surface area (Å²) >= 11 is 0. The number of ether oxygens (including phenoxy) is 3. The molecule has 4 rings (SSSR count). The lowest BCUT2D eigenvalue weighted by Crippen LogP contribution is -2.39. The predicted octanol–water partition coefficient (Wildman–Crippen LogP) is 3.94. The number of hydrogen-bond donors (Lipinski definition) is 3. The molecule has 2 atom stereocenters. The van der Waals surface area contributed by atoms with Gasteiger partial charge in [-0.25, -0.2) is 4.79 Å². The van der Waals surface area contributed by atoms with E-state index in [1.807, 2.05) is 54.6 Å². The van der Waals surface area contributed by atoms with E-state index in [1.54, 1.807) is 12.1 Å². The van der Waals surface area contributed by atoms with Crippen LogP contribution in [0.15, 0.2) is 72.8 Å². The van der Waals surface area contributed by atoms with E-state index in [2.05, 4.69) is 16.7 Å². The van der Waals surface area contributed by atoms with E-state index in [4.69, 9.17) is 14.2 Å². The standard InChI is InChI=1S/C27H30N2O5/c1-32-27(31)19-7-10-21(11-8-19)29-22-12-14-26-20(15-22)9-13-25(34-26)17-28-16-23(30)18-33-24-5-3-2-4-6-24/h2-8,10-12,14-15,23,25,28-30H,9,13,16-18H2,1H3/t23-,25+/m0/s1. The molecule has 0 aromatic heterocycles. The molecule has 0 aliphatic carbocycles. The molecule has 34 heavy (non-hydrogen) atoms. The van der Waals surface area contributed by atoms with Crippen LogP contribution in [0.2, 0.25) is 0 Å². The third-order valence-corrected chi connectivity index (χ3v) is 5.62. The highest BCUT2D eigenvalue weighted by atomic mass is 16.5. The van der Waals surface area contributed by atoms with Crippen molar-refractivity contribution in [1.29, 1.82) is 0 Å². The van der Waals surface area contributed by atoms with E-state index in [-0.39, 0.29) is 18.7 Å². The van der Waals surface area contributed by atoms with E-state index in [1.165, 1.54) is 7.11 Å². The van der Waals surface area contributed by atoms with Crippen molar-refractivity contribution in [3.63, 3.8) is 0 Å². The molecule has 178 valence electrons. The number of aryl methyl sites for hydroxylation is 1. The van der Waals surface area contributed by atoms with E-state index in [0.717, 1.165) is 41.3 Å². The van der Waals surface area contributed by atoms with Gasteiger partial charge in [-0.3, -0.25) is 0 Å². The molecule has 0 amide bonds. The van der Waals surface area contributed by atoms with Gasteiger partial charge in [0.15, 0.2) is 0 Å². The molecule has 0 radical (unpaired) electrons. The van der Waals surface area contributed by atoms with Crippen LogP contribution in [-0.4, -0.2) is 50.1 Å². The molecule has 0 spiro atoms. The van der Waals surface area contributed by atoms with Crippen molar-refractivity contribution in [2.24, 2.45) is 0 Å². The molecule has 0 saturated heterocycles. The van der Waals surface area contributed by atoms with Crippen LogP contribution in [0.25, 0.3) is 0 Å². The van der Waals surface area contributed by atoms with Crippen molar-refractivity contribution in [2.45, 2.75) is 25.0 Å². The maximum atomic E-state index is 11.6. The Bertz CT molecular complexity index is 1070. The number of aliphatic hydroxyl groups is 1. The first kappa shape index (κ1) is 23.6. The Morgan fingerprint density at radius 3 is 2.62 bits per heavy atom. The minimum atomic E-state index is -0.591. The largest absolute Gasteiger partial charge is 0.491 e. The molecule has 0 saturated carbocycles. The summed E-state index contributed by atoms with van der Waals surface area (Å²) in [6.45, 7) is 1.35. The van der Waals surface area contributed by atoms with Crippen LogP contribution < -0.4 is 20.1 Å². The third-order valence-electron chi connectivity index (χ3n) is 5.62. The summed E-state index contributed by atoms with van der Waals surface area (Å²) in [5, 5.41) is 16.8. The summed E-state index contributed by atoms with van der Waals surface area (Å²) in [5.74, 6) is 1.29. The van der Waals surface area contributed by atoms with Gasteiger partial charge in [0, 0.05) is 24.5 Å². The maximum absolute atomic E-state index is 11.6. The van der Waals surface area contributed by atoms with Gasteiger partial charge in [0.1, 0.15) is 30.3 Å². The number of carbonyl (C=O) groups is 1. The van der Waals surface area contributed by atoms with Crippen molar-refractivity contribution in [3.05, 3.63) is 83.9 Å². The third kappa shape index (κ3) is 6.50. The summed E-state index contributed by atoms with van der Waals surface area (Å²) < 4.78 is 16.5. The van der Waals surface area contributed by atoms with Crippen LogP contribution in [0.4, 0.5) is 11.4 Å². The van der Waals surface area contributed by atoms with E-state index < -0.39 is 6.10 Å². The second-order valence-electron chi connectivity index (χ2n) is 8.23. The van der Waals surface area contributed by atoms with Crippen LogP contribution >= 0.6 is 0 Å². The van der Waals surface area contributed by atoms with Crippen LogP contribution in [0.3, 0.4) is 0 Å². The zero-order chi connectivity index (χ0) is 23.8. The smallest absolute Gasteiger partial charge is 0.337 e. The van der Waals surface area contributed by atoms with E-state index in [0.29, 0.717) is 18.7 Å². The van der Waals surface area contributed by atoms with Gasteiger partial charge in [-0.05, 0) is 73.0 Å². The van der Waals surface area contributed by atoms with Gasteiger partial charge >= 0.3 is 5.97 Å². The lowest BCUT2D eigenvalue weighted by atomic mass is 10.0. The quantitative estimate of drug-likeness (QED) is 0.393. The Morgan fingerprint density at radius 1 is 1.09 bits per heavy atom. The highest BCUT2D eigenvalue weighted by Crippen LogP contribution is 2.31.